The number of amides is 1. The summed E-state index contributed by atoms with van der Waals surface area (Å²) in [6, 6.07) is 0.763. The van der Waals surface area contributed by atoms with E-state index in [-0.39, 0.29) is 5.91 Å². The van der Waals surface area contributed by atoms with Gasteiger partial charge in [0.15, 0.2) is 5.96 Å². The van der Waals surface area contributed by atoms with Crippen molar-refractivity contribution in [1.29, 1.82) is 0 Å². The molecule has 1 saturated heterocycles. The maximum atomic E-state index is 11.9. The molecule has 0 radical (unpaired) electrons. The molecule has 3 atom stereocenters. The van der Waals surface area contributed by atoms with Crippen molar-refractivity contribution in [2.75, 3.05) is 26.2 Å². The molecular formula is C19H34N4O2. The zero-order valence-electron chi connectivity index (χ0n) is 16.0. The van der Waals surface area contributed by atoms with E-state index < -0.39 is 0 Å². The largest absolute Gasteiger partial charge is 0.378 e. The van der Waals surface area contributed by atoms with Crippen molar-refractivity contribution in [3.63, 3.8) is 0 Å². The Balaban J connectivity index is 1.54. The number of rotatable bonds is 6. The van der Waals surface area contributed by atoms with Gasteiger partial charge in [-0.3, -0.25) is 9.79 Å². The highest BCUT2D eigenvalue weighted by atomic mass is 16.5. The third-order valence-electron chi connectivity index (χ3n) is 6.25. The predicted molar refractivity (Wildman–Crippen MR) is 99.6 cm³/mol. The minimum absolute atomic E-state index is 0.248. The van der Waals surface area contributed by atoms with E-state index in [2.05, 4.69) is 29.5 Å². The van der Waals surface area contributed by atoms with E-state index in [0.29, 0.717) is 30.0 Å². The van der Waals surface area contributed by atoms with Gasteiger partial charge in [0.25, 0.3) is 0 Å². The molecule has 2 saturated carbocycles. The number of hydrogen-bond donors (Lipinski definition) is 2. The van der Waals surface area contributed by atoms with E-state index in [1.807, 2.05) is 11.8 Å². The van der Waals surface area contributed by atoms with E-state index in [1.54, 1.807) is 0 Å². The lowest BCUT2D eigenvalue weighted by Gasteiger charge is -2.61. The summed E-state index contributed by atoms with van der Waals surface area (Å²) >= 11 is 0. The molecule has 0 aromatic heterocycles. The maximum absolute atomic E-state index is 11.9. The second-order valence-corrected chi connectivity index (χ2v) is 7.61. The molecule has 6 heteroatoms. The molecule has 6 nitrogen and oxygen atoms in total. The summed E-state index contributed by atoms with van der Waals surface area (Å²) in [6.45, 7) is 9.27. The molecule has 1 spiro atoms. The van der Waals surface area contributed by atoms with Gasteiger partial charge in [0.05, 0.1) is 6.10 Å². The highest BCUT2D eigenvalue weighted by molar-refractivity contribution is 5.81. The molecule has 25 heavy (non-hydrogen) atoms. The van der Waals surface area contributed by atoms with Gasteiger partial charge in [-0.05, 0) is 39.5 Å². The molecule has 0 aromatic rings. The van der Waals surface area contributed by atoms with Gasteiger partial charge in [0.2, 0.25) is 5.91 Å². The fourth-order valence-corrected chi connectivity index (χ4v) is 4.62. The van der Waals surface area contributed by atoms with Crippen molar-refractivity contribution in [1.82, 2.24) is 15.5 Å². The van der Waals surface area contributed by atoms with E-state index in [4.69, 9.17) is 4.74 Å². The minimum atomic E-state index is 0.248. The van der Waals surface area contributed by atoms with Crippen molar-refractivity contribution < 1.29 is 9.53 Å². The molecule has 0 aromatic carbocycles. The Morgan fingerprint density at radius 1 is 1.28 bits per heavy atom. The minimum Gasteiger partial charge on any atom is -0.378 e. The van der Waals surface area contributed by atoms with Gasteiger partial charge in [-0.2, -0.15) is 0 Å². The first kappa shape index (κ1) is 18.5. The molecule has 2 N–H and O–H groups in total. The fraction of sp³-hybridized carbons (Fsp3) is 0.895. The van der Waals surface area contributed by atoms with Gasteiger partial charge in [0.1, 0.15) is 0 Å². The van der Waals surface area contributed by atoms with Crippen LogP contribution in [0.5, 0.6) is 0 Å². The Hall–Kier alpha value is -1.30. The summed E-state index contributed by atoms with van der Waals surface area (Å²) in [5.74, 6) is 1.16. The average Bonchev–Trinajstić information content (AvgIpc) is 3.00. The SMILES string of the molecule is CCN=C(NC1CCN(C(=O)CC)C1)NC1CC(OCC)C12CCC2. The zero-order valence-corrected chi connectivity index (χ0v) is 16.0. The lowest BCUT2D eigenvalue weighted by atomic mass is 9.51. The van der Waals surface area contributed by atoms with Crippen LogP contribution >= 0.6 is 0 Å². The summed E-state index contributed by atoms with van der Waals surface area (Å²) in [7, 11) is 0. The molecule has 3 fully saturated rings. The first-order chi connectivity index (χ1) is 12.1. The molecule has 0 bridgehead atoms. The standard InChI is InChI=1S/C19H34N4O2/c1-4-17(24)23-11-8-14(13-23)21-18(20-5-2)22-15-12-16(25-6-3)19(15)9-7-10-19/h14-16H,4-13H2,1-3H3,(H2,20,21,22). The Morgan fingerprint density at radius 3 is 2.68 bits per heavy atom. The van der Waals surface area contributed by atoms with Crippen molar-refractivity contribution in [3.05, 3.63) is 0 Å². The normalized spacial score (nSPS) is 30.8. The summed E-state index contributed by atoms with van der Waals surface area (Å²) in [6.07, 6.45) is 6.90. The van der Waals surface area contributed by atoms with Crippen LogP contribution in [0, 0.1) is 5.41 Å². The smallest absolute Gasteiger partial charge is 0.222 e. The van der Waals surface area contributed by atoms with Crippen LogP contribution in [0.3, 0.4) is 0 Å². The number of hydrogen-bond acceptors (Lipinski definition) is 3. The Morgan fingerprint density at radius 2 is 2.08 bits per heavy atom. The van der Waals surface area contributed by atoms with Gasteiger partial charge < -0.3 is 20.3 Å². The Bertz CT molecular complexity index is 504. The van der Waals surface area contributed by atoms with Crippen LogP contribution in [0.1, 0.15) is 59.3 Å². The highest BCUT2D eigenvalue weighted by Gasteiger charge is 2.59. The van der Waals surface area contributed by atoms with Gasteiger partial charge in [0, 0.05) is 50.2 Å². The first-order valence-electron chi connectivity index (χ1n) is 10.1. The van der Waals surface area contributed by atoms with Crippen LogP contribution in [-0.2, 0) is 9.53 Å². The van der Waals surface area contributed by atoms with Crippen molar-refractivity contribution in [2.24, 2.45) is 10.4 Å². The van der Waals surface area contributed by atoms with Crippen molar-refractivity contribution in [2.45, 2.75) is 77.5 Å². The lowest BCUT2D eigenvalue weighted by Crippen LogP contribution is -2.69. The molecule has 3 unspecified atom stereocenters. The monoisotopic (exact) mass is 350 g/mol. The summed E-state index contributed by atoms with van der Waals surface area (Å²) in [4.78, 5) is 18.5. The molecule has 1 heterocycles. The Kier molecular flexibility index (Phi) is 5.87. The van der Waals surface area contributed by atoms with Crippen LogP contribution < -0.4 is 10.6 Å². The van der Waals surface area contributed by atoms with Crippen LogP contribution in [0.2, 0.25) is 0 Å². The van der Waals surface area contributed by atoms with Gasteiger partial charge in [-0.15, -0.1) is 0 Å². The van der Waals surface area contributed by atoms with E-state index >= 15 is 0 Å². The number of ether oxygens (including phenoxy) is 1. The average molecular weight is 351 g/mol. The van der Waals surface area contributed by atoms with Crippen LogP contribution in [-0.4, -0.2) is 61.2 Å². The van der Waals surface area contributed by atoms with Gasteiger partial charge in [-0.1, -0.05) is 13.3 Å². The third-order valence-corrected chi connectivity index (χ3v) is 6.25. The summed E-state index contributed by atoms with van der Waals surface area (Å²) in [5.41, 5.74) is 0.325. The van der Waals surface area contributed by atoms with Crippen LogP contribution in [0.4, 0.5) is 0 Å². The number of guanidine groups is 1. The fourth-order valence-electron chi connectivity index (χ4n) is 4.62. The predicted octanol–water partition coefficient (Wildman–Crippen LogP) is 1.90. The molecule has 2 aliphatic carbocycles. The number of nitrogens with one attached hydrogen (secondary N) is 2. The molecular weight excluding hydrogens is 316 g/mol. The van der Waals surface area contributed by atoms with E-state index in [1.165, 1.54) is 19.3 Å². The van der Waals surface area contributed by atoms with E-state index in [9.17, 15) is 4.79 Å². The van der Waals surface area contributed by atoms with Crippen LogP contribution in [0.15, 0.2) is 4.99 Å². The number of likely N-dealkylation sites (tertiary alicyclic amines) is 1. The van der Waals surface area contributed by atoms with Gasteiger partial charge in [-0.25, -0.2) is 0 Å². The highest BCUT2D eigenvalue weighted by Crippen LogP contribution is 2.57. The molecule has 3 rings (SSSR count). The van der Waals surface area contributed by atoms with Gasteiger partial charge >= 0.3 is 0 Å². The summed E-state index contributed by atoms with van der Waals surface area (Å²) < 4.78 is 5.95. The summed E-state index contributed by atoms with van der Waals surface area (Å²) in [5, 5.41) is 7.24. The van der Waals surface area contributed by atoms with Crippen molar-refractivity contribution >= 4 is 11.9 Å². The second-order valence-electron chi connectivity index (χ2n) is 7.61. The zero-order chi connectivity index (χ0) is 17.9. The Labute approximate surface area is 151 Å². The lowest BCUT2D eigenvalue weighted by molar-refractivity contribution is -0.168. The first-order valence-corrected chi connectivity index (χ1v) is 10.1. The molecule has 1 amide bonds. The molecule has 1 aliphatic heterocycles. The topological polar surface area (TPSA) is 66.0 Å². The number of aliphatic imine (C=N–C) groups is 1. The van der Waals surface area contributed by atoms with Crippen LogP contribution in [0.25, 0.3) is 0 Å². The molecule has 142 valence electrons. The van der Waals surface area contributed by atoms with E-state index in [0.717, 1.165) is 45.0 Å². The second kappa shape index (κ2) is 7.94. The number of carbonyl (C=O) groups excluding carboxylic acids is 1. The quantitative estimate of drug-likeness (QED) is 0.567. The number of carbonyl (C=O) groups is 1. The molecule has 3 aliphatic rings. The third kappa shape index (κ3) is 3.64. The number of nitrogens with zero attached hydrogens (tertiary/aromatic N) is 2. The van der Waals surface area contributed by atoms with Crippen molar-refractivity contribution in [3.8, 4) is 0 Å². The maximum Gasteiger partial charge on any atom is 0.222 e.